The summed E-state index contributed by atoms with van der Waals surface area (Å²) >= 11 is 1.66. The zero-order chi connectivity index (χ0) is 10.7. The van der Waals surface area contributed by atoms with E-state index in [1.165, 1.54) is 19.3 Å². The van der Waals surface area contributed by atoms with Gasteiger partial charge in [-0.25, -0.2) is 4.79 Å². The minimum absolute atomic E-state index is 0.429. The van der Waals surface area contributed by atoms with E-state index < -0.39 is 5.97 Å². The maximum absolute atomic E-state index is 10.9. The van der Waals surface area contributed by atoms with Gasteiger partial charge in [-0.1, -0.05) is 25.0 Å². The summed E-state index contributed by atoms with van der Waals surface area (Å²) in [6.45, 7) is 0. The fourth-order valence-electron chi connectivity index (χ4n) is 1.51. The van der Waals surface area contributed by atoms with Gasteiger partial charge in [0.15, 0.2) is 0 Å². The van der Waals surface area contributed by atoms with Crippen LogP contribution in [0.3, 0.4) is 0 Å². The van der Waals surface area contributed by atoms with Crippen molar-refractivity contribution in [3.63, 3.8) is 0 Å². The van der Waals surface area contributed by atoms with Crippen LogP contribution in [0.1, 0.15) is 29.6 Å². The molecule has 1 saturated carbocycles. The summed E-state index contributed by atoms with van der Waals surface area (Å²) in [4.78, 5) is 11.8. The maximum atomic E-state index is 10.9. The monoisotopic (exact) mass is 222 g/mol. The van der Waals surface area contributed by atoms with E-state index in [2.05, 4.69) is 0 Å². The molecule has 0 atom stereocenters. The second kappa shape index (κ2) is 4.71. The summed E-state index contributed by atoms with van der Waals surface area (Å²) in [5, 5.41) is 8.97. The summed E-state index contributed by atoms with van der Waals surface area (Å²) in [7, 11) is 0. The van der Waals surface area contributed by atoms with E-state index in [4.69, 9.17) is 5.11 Å². The van der Waals surface area contributed by atoms with Gasteiger partial charge in [-0.3, -0.25) is 0 Å². The van der Waals surface area contributed by atoms with E-state index in [0.29, 0.717) is 5.56 Å². The summed E-state index contributed by atoms with van der Waals surface area (Å²) in [6.07, 6.45) is 3.95. The lowest BCUT2D eigenvalue weighted by Crippen LogP contribution is -1.98. The zero-order valence-electron chi connectivity index (χ0n) is 8.48. The van der Waals surface area contributed by atoms with E-state index in [0.717, 1.165) is 16.6 Å². The average Bonchev–Trinajstić information content (AvgIpc) is 3.02. The first-order valence-corrected chi connectivity index (χ1v) is 6.21. The van der Waals surface area contributed by atoms with E-state index in [9.17, 15) is 4.79 Å². The first-order chi connectivity index (χ1) is 7.27. The van der Waals surface area contributed by atoms with Gasteiger partial charge in [0.1, 0.15) is 0 Å². The van der Waals surface area contributed by atoms with Crippen LogP contribution in [0.25, 0.3) is 0 Å². The molecule has 0 saturated heterocycles. The zero-order valence-corrected chi connectivity index (χ0v) is 9.30. The Morgan fingerprint density at radius 3 is 2.80 bits per heavy atom. The van der Waals surface area contributed by atoms with Crippen LogP contribution in [0.2, 0.25) is 0 Å². The Kier molecular flexibility index (Phi) is 3.31. The Morgan fingerprint density at radius 1 is 1.40 bits per heavy atom. The van der Waals surface area contributed by atoms with Gasteiger partial charge in [0.25, 0.3) is 0 Å². The van der Waals surface area contributed by atoms with E-state index in [-0.39, 0.29) is 0 Å². The molecule has 1 aliphatic rings. The topological polar surface area (TPSA) is 37.3 Å². The fraction of sp³-hybridized carbons (Fsp3) is 0.417. The molecule has 1 aromatic carbocycles. The predicted molar refractivity (Wildman–Crippen MR) is 61.5 cm³/mol. The molecule has 15 heavy (non-hydrogen) atoms. The van der Waals surface area contributed by atoms with Gasteiger partial charge in [-0.2, -0.15) is 0 Å². The van der Waals surface area contributed by atoms with Gasteiger partial charge in [-0.05, 0) is 30.2 Å². The first kappa shape index (κ1) is 10.6. The largest absolute Gasteiger partial charge is 0.478 e. The van der Waals surface area contributed by atoms with Gasteiger partial charge in [0.2, 0.25) is 0 Å². The molecule has 1 aromatic rings. The molecular formula is C12H14O2S. The third-order valence-electron chi connectivity index (χ3n) is 2.60. The van der Waals surface area contributed by atoms with Gasteiger partial charge in [0, 0.05) is 4.90 Å². The Balaban J connectivity index is 1.95. The van der Waals surface area contributed by atoms with Crippen molar-refractivity contribution in [1.82, 2.24) is 0 Å². The van der Waals surface area contributed by atoms with E-state index in [1.54, 1.807) is 23.9 Å². The fourth-order valence-corrected chi connectivity index (χ4v) is 2.67. The highest BCUT2D eigenvalue weighted by molar-refractivity contribution is 7.99. The van der Waals surface area contributed by atoms with Crippen molar-refractivity contribution < 1.29 is 9.90 Å². The molecule has 0 heterocycles. The third kappa shape index (κ3) is 2.99. The Labute approximate surface area is 93.7 Å². The number of carbonyl (C=O) groups is 1. The standard InChI is InChI=1S/C12H14O2S/c13-12(14)10-3-1-2-4-11(10)15-8-7-9-5-6-9/h1-4,9H,5-8H2,(H,13,14). The summed E-state index contributed by atoms with van der Waals surface area (Å²) in [5.74, 6) is 1.12. The minimum atomic E-state index is -0.829. The lowest BCUT2D eigenvalue weighted by molar-refractivity contribution is 0.0693. The van der Waals surface area contributed by atoms with Crippen LogP contribution in [0, 0.1) is 5.92 Å². The summed E-state index contributed by atoms with van der Waals surface area (Å²) < 4.78 is 0. The quantitative estimate of drug-likeness (QED) is 0.777. The van der Waals surface area contributed by atoms with Crippen molar-refractivity contribution in [3.8, 4) is 0 Å². The average molecular weight is 222 g/mol. The molecule has 0 radical (unpaired) electrons. The molecule has 1 N–H and O–H groups in total. The summed E-state index contributed by atoms with van der Waals surface area (Å²) in [5.41, 5.74) is 0.429. The lowest BCUT2D eigenvalue weighted by Gasteiger charge is -2.04. The molecule has 1 aliphatic carbocycles. The maximum Gasteiger partial charge on any atom is 0.336 e. The molecule has 0 aliphatic heterocycles. The third-order valence-corrected chi connectivity index (χ3v) is 3.70. The number of carboxylic acids is 1. The highest BCUT2D eigenvalue weighted by Gasteiger charge is 2.20. The van der Waals surface area contributed by atoms with Crippen molar-refractivity contribution in [2.45, 2.75) is 24.2 Å². The van der Waals surface area contributed by atoms with Crippen LogP contribution < -0.4 is 0 Å². The SMILES string of the molecule is O=C(O)c1ccccc1SCCC1CC1. The number of thioether (sulfide) groups is 1. The second-order valence-electron chi connectivity index (χ2n) is 3.88. The number of carboxylic acid groups (broad SMARTS) is 1. The van der Waals surface area contributed by atoms with Crippen LogP contribution in [-0.2, 0) is 0 Å². The molecule has 0 amide bonds. The molecule has 1 fully saturated rings. The normalized spacial score (nSPS) is 15.2. The second-order valence-corrected chi connectivity index (χ2v) is 5.02. The predicted octanol–water partition coefficient (Wildman–Crippen LogP) is 3.28. The van der Waals surface area contributed by atoms with E-state index >= 15 is 0 Å². The number of aromatic carboxylic acids is 1. The van der Waals surface area contributed by atoms with Crippen molar-refractivity contribution in [2.24, 2.45) is 5.92 Å². The molecule has 0 spiro atoms. The molecule has 2 rings (SSSR count). The highest BCUT2D eigenvalue weighted by atomic mass is 32.2. The number of benzene rings is 1. The number of rotatable bonds is 5. The highest BCUT2D eigenvalue weighted by Crippen LogP contribution is 2.35. The van der Waals surface area contributed by atoms with Gasteiger partial charge >= 0.3 is 5.97 Å². The van der Waals surface area contributed by atoms with Gasteiger partial charge in [-0.15, -0.1) is 11.8 Å². The van der Waals surface area contributed by atoms with Crippen molar-refractivity contribution >= 4 is 17.7 Å². The molecule has 0 aromatic heterocycles. The van der Waals surface area contributed by atoms with Crippen LogP contribution in [0.4, 0.5) is 0 Å². The molecule has 0 unspecified atom stereocenters. The molecule has 3 heteroatoms. The van der Waals surface area contributed by atoms with Crippen LogP contribution in [0.15, 0.2) is 29.2 Å². The molecular weight excluding hydrogens is 208 g/mol. The van der Waals surface area contributed by atoms with Crippen molar-refractivity contribution in [2.75, 3.05) is 5.75 Å². The van der Waals surface area contributed by atoms with Crippen LogP contribution in [-0.4, -0.2) is 16.8 Å². The Bertz CT molecular complexity index is 358. The number of hydrogen-bond donors (Lipinski definition) is 1. The molecule has 0 bridgehead atoms. The van der Waals surface area contributed by atoms with Crippen molar-refractivity contribution in [3.05, 3.63) is 29.8 Å². The number of hydrogen-bond acceptors (Lipinski definition) is 2. The van der Waals surface area contributed by atoms with Crippen LogP contribution in [0.5, 0.6) is 0 Å². The Morgan fingerprint density at radius 2 is 2.13 bits per heavy atom. The van der Waals surface area contributed by atoms with E-state index in [1.807, 2.05) is 12.1 Å². The summed E-state index contributed by atoms with van der Waals surface area (Å²) in [6, 6.07) is 7.23. The molecule has 2 nitrogen and oxygen atoms in total. The van der Waals surface area contributed by atoms with Crippen LogP contribution >= 0.6 is 11.8 Å². The van der Waals surface area contributed by atoms with Crippen molar-refractivity contribution in [1.29, 1.82) is 0 Å². The van der Waals surface area contributed by atoms with Gasteiger partial charge < -0.3 is 5.11 Å². The first-order valence-electron chi connectivity index (χ1n) is 5.22. The smallest absolute Gasteiger partial charge is 0.336 e. The molecule has 80 valence electrons. The lowest BCUT2D eigenvalue weighted by atomic mass is 10.2. The van der Waals surface area contributed by atoms with Gasteiger partial charge in [0.05, 0.1) is 5.56 Å². The minimum Gasteiger partial charge on any atom is -0.478 e. The Hall–Kier alpha value is -0.960.